The van der Waals surface area contributed by atoms with Gasteiger partial charge in [0.1, 0.15) is 0 Å². The second kappa shape index (κ2) is 9.09. The monoisotopic (exact) mass is 462 g/mol. The van der Waals surface area contributed by atoms with Crippen LogP contribution in [0.2, 0.25) is 0 Å². The fraction of sp³-hybridized carbons (Fsp3) is 0.130. The Kier molecular flexibility index (Phi) is 6.71. The molecule has 0 saturated carbocycles. The van der Waals surface area contributed by atoms with Gasteiger partial charge < -0.3 is 9.47 Å². The van der Waals surface area contributed by atoms with Crippen molar-refractivity contribution in [3.63, 3.8) is 0 Å². The predicted molar refractivity (Wildman–Crippen MR) is 117 cm³/mol. The Hall–Kier alpha value is -2.53. The van der Waals surface area contributed by atoms with Crippen LogP contribution in [0.4, 0.5) is 4.79 Å². The third-order valence-corrected chi connectivity index (χ3v) is 4.99. The van der Waals surface area contributed by atoms with Crippen molar-refractivity contribution in [3.05, 3.63) is 107 Å². The minimum absolute atomic E-state index is 0.656. The van der Waals surface area contributed by atoms with Gasteiger partial charge in [0.25, 0.3) is 3.79 Å². The van der Waals surface area contributed by atoms with Crippen molar-refractivity contribution >= 4 is 46.9 Å². The molecule has 0 aliphatic rings. The molecule has 0 aliphatic carbocycles. The molecular weight excluding hydrogens is 447 g/mol. The van der Waals surface area contributed by atoms with Crippen LogP contribution in [0.15, 0.2) is 84.9 Å². The lowest BCUT2D eigenvalue weighted by molar-refractivity contribution is -0.140. The molecule has 0 bridgehead atoms. The highest BCUT2D eigenvalue weighted by Crippen LogP contribution is 2.42. The summed E-state index contributed by atoms with van der Waals surface area (Å²) < 4.78 is 8.15. The van der Waals surface area contributed by atoms with Crippen molar-refractivity contribution < 1.29 is 19.1 Å². The normalized spacial score (nSPS) is 11.6. The lowest BCUT2D eigenvalue weighted by atomic mass is 9.78. The van der Waals surface area contributed by atoms with E-state index in [-0.39, 0.29) is 0 Å². The predicted octanol–water partition coefficient (Wildman–Crippen LogP) is 6.34. The Morgan fingerprint density at radius 1 is 0.733 bits per heavy atom. The van der Waals surface area contributed by atoms with E-state index in [9.17, 15) is 9.59 Å². The molecule has 0 heterocycles. The van der Waals surface area contributed by atoms with Gasteiger partial charge in [0.15, 0.2) is 5.60 Å². The van der Waals surface area contributed by atoms with Gasteiger partial charge in [-0.25, -0.2) is 9.59 Å². The Balaban J connectivity index is 2.21. The fourth-order valence-corrected chi connectivity index (χ4v) is 3.36. The summed E-state index contributed by atoms with van der Waals surface area (Å²) in [5, 5.41) is 0. The first-order valence-corrected chi connectivity index (χ1v) is 10.1. The van der Waals surface area contributed by atoms with E-state index in [1.165, 1.54) is 0 Å². The molecule has 3 rings (SSSR count). The van der Waals surface area contributed by atoms with Gasteiger partial charge in [-0.3, -0.25) is 0 Å². The number of esters is 1. The Morgan fingerprint density at radius 3 is 1.67 bits per heavy atom. The van der Waals surface area contributed by atoms with Crippen LogP contribution in [0, 0.1) is 6.92 Å². The van der Waals surface area contributed by atoms with Crippen LogP contribution in [0.5, 0.6) is 0 Å². The lowest BCUT2D eigenvalue weighted by Gasteiger charge is -2.35. The van der Waals surface area contributed by atoms with Crippen molar-refractivity contribution in [1.29, 1.82) is 0 Å². The smallest absolute Gasteiger partial charge is 0.412 e. The number of hydrogen-bond donors (Lipinski definition) is 0. The summed E-state index contributed by atoms with van der Waals surface area (Å²) in [7, 11) is 0. The van der Waals surface area contributed by atoms with E-state index in [2.05, 4.69) is 4.74 Å². The van der Waals surface area contributed by atoms with Gasteiger partial charge in [-0.15, -0.1) is 0 Å². The number of alkyl halides is 3. The number of benzene rings is 3. The van der Waals surface area contributed by atoms with Gasteiger partial charge in [0.2, 0.25) is 0 Å². The van der Waals surface area contributed by atoms with E-state index in [4.69, 9.17) is 39.5 Å². The maximum atomic E-state index is 12.7. The molecule has 0 aliphatic heterocycles. The van der Waals surface area contributed by atoms with E-state index in [0.29, 0.717) is 16.7 Å². The molecule has 3 aromatic rings. The Labute approximate surface area is 189 Å². The maximum Gasteiger partial charge on any atom is 0.517 e. The van der Waals surface area contributed by atoms with Crippen molar-refractivity contribution in [2.45, 2.75) is 16.3 Å². The first-order valence-electron chi connectivity index (χ1n) is 8.94. The summed E-state index contributed by atoms with van der Waals surface area (Å²) in [5.74, 6) is -1.35. The standard InChI is InChI=1S/C23H17Cl3O4/c1-16-10-8-9-15-19(16)22(17-11-4-2-5-12-17,18-13-6-3-7-14-18)30-21(28)29-20(27)23(24,25)26/h2-15H,1H3. The topological polar surface area (TPSA) is 52.6 Å². The second-order valence-electron chi connectivity index (χ2n) is 6.47. The van der Waals surface area contributed by atoms with Crippen molar-refractivity contribution in [1.82, 2.24) is 0 Å². The molecule has 0 amide bonds. The molecule has 0 N–H and O–H groups in total. The number of ether oxygens (including phenoxy) is 2. The maximum absolute atomic E-state index is 12.7. The van der Waals surface area contributed by atoms with Gasteiger partial charge >= 0.3 is 12.1 Å². The number of rotatable bonds is 4. The molecule has 0 radical (unpaired) electrons. The summed E-state index contributed by atoms with van der Waals surface area (Å²) in [6, 6.07) is 25.8. The van der Waals surface area contributed by atoms with Crippen LogP contribution in [0.1, 0.15) is 22.3 Å². The molecule has 0 unspecified atom stereocenters. The quantitative estimate of drug-likeness (QED) is 0.196. The zero-order chi connectivity index (χ0) is 21.8. The molecule has 0 aromatic heterocycles. The van der Waals surface area contributed by atoms with Crippen LogP contribution in [-0.2, 0) is 19.9 Å². The highest BCUT2D eigenvalue weighted by molar-refractivity contribution is 6.75. The third-order valence-electron chi connectivity index (χ3n) is 4.53. The van der Waals surface area contributed by atoms with Gasteiger partial charge in [-0.2, -0.15) is 0 Å². The Morgan fingerprint density at radius 2 is 1.20 bits per heavy atom. The lowest BCUT2D eigenvalue weighted by Crippen LogP contribution is -2.37. The van der Waals surface area contributed by atoms with Crippen molar-refractivity contribution in [2.24, 2.45) is 0 Å². The van der Waals surface area contributed by atoms with E-state index in [1.54, 1.807) is 0 Å². The van der Waals surface area contributed by atoms with Crippen LogP contribution in [0.25, 0.3) is 0 Å². The van der Waals surface area contributed by atoms with Gasteiger partial charge in [0.05, 0.1) is 0 Å². The average molecular weight is 464 g/mol. The van der Waals surface area contributed by atoms with E-state index in [1.807, 2.05) is 91.9 Å². The van der Waals surface area contributed by atoms with Gasteiger partial charge in [0, 0.05) is 16.7 Å². The summed E-state index contributed by atoms with van der Waals surface area (Å²) in [5.41, 5.74) is 1.47. The Bertz CT molecular complexity index is 992. The molecule has 4 nitrogen and oxygen atoms in total. The zero-order valence-corrected chi connectivity index (χ0v) is 18.1. The minimum Gasteiger partial charge on any atom is -0.412 e. The number of carbonyl (C=O) groups excluding carboxylic acids is 2. The zero-order valence-electron chi connectivity index (χ0n) is 15.8. The van der Waals surface area contributed by atoms with E-state index in [0.717, 1.165) is 5.56 Å². The van der Waals surface area contributed by atoms with Gasteiger partial charge in [-0.1, -0.05) is 120 Å². The first kappa shape index (κ1) is 22.2. The van der Waals surface area contributed by atoms with Crippen molar-refractivity contribution in [3.8, 4) is 0 Å². The van der Waals surface area contributed by atoms with Crippen LogP contribution >= 0.6 is 34.8 Å². The number of carbonyl (C=O) groups is 2. The molecule has 154 valence electrons. The summed E-state index contributed by atoms with van der Waals surface area (Å²) in [4.78, 5) is 24.6. The summed E-state index contributed by atoms with van der Waals surface area (Å²) in [6.45, 7) is 1.90. The molecule has 0 atom stereocenters. The highest BCUT2D eigenvalue weighted by atomic mass is 35.6. The van der Waals surface area contributed by atoms with E-state index >= 15 is 0 Å². The average Bonchev–Trinajstić information content (AvgIpc) is 2.73. The second-order valence-corrected chi connectivity index (χ2v) is 8.75. The van der Waals surface area contributed by atoms with E-state index < -0.39 is 21.5 Å². The largest absolute Gasteiger partial charge is 0.517 e. The van der Waals surface area contributed by atoms with Crippen LogP contribution < -0.4 is 0 Å². The molecule has 7 heteroatoms. The summed E-state index contributed by atoms with van der Waals surface area (Å²) in [6.07, 6.45) is -1.29. The fourth-order valence-electron chi connectivity index (χ4n) is 3.24. The molecule has 30 heavy (non-hydrogen) atoms. The molecule has 3 aromatic carbocycles. The first-order chi connectivity index (χ1) is 14.2. The minimum atomic E-state index is -2.41. The SMILES string of the molecule is Cc1ccccc1C(OC(=O)OC(=O)C(Cl)(Cl)Cl)(c1ccccc1)c1ccccc1. The van der Waals surface area contributed by atoms with Crippen LogP contribution in [-0.4, -0.2) is 15.9 Å². The molecule has 0 fully saturated rings. The molecule has 0 spiro atoms. The molecule has 0 saturated heterocycles. The number of halogens is 3. The number of aryl methyl sites for hydroxylation is 1. The van der Waals surface area contributed by atoms with Crippen molar-refractivity contribution in [2.75, 3.05) is 0 Å². The molecular formula is C23H17Cl3O4. The van der Waals surface area contributed by atoms with Gasteiger partial charge in [-0.05, 0) is 12.5 Å². The summed E-state index contributed by atoms with van der Waals surface area (Å²) >= 11 is 16.6. The van der Waals surface area contributed by atoms with Crippen LogP contribution in [0.3, 0.4) is 0 Å². The third kappa shape index (κ3) is 4.62. The highest BCUT2D eigenvalue weighted by Gasteiger charge is 2.44. The number of hydrogen-bond acceptors (Lipinski definition) is 4.